The molecule has 1 aromatic heterocycles. The fraction of sp³-hybridized carbons (Fsp3) is 0.444. The first-order valence-electron chi connectivity index (χ1n) is 8.27. The third-order valence-electron chi connectivity index (χ3n) is 4.26. The maximum Gasteiger partial charge on any atom is 0.167 e. The van der Waals surface area contributed by atoms with Crippen molar-refractivity contribution in [3.63, 3.8) is 0 Å². The van der Waals surface area contributed by atoms with Gasteiger partial charge in [0.05, 0.1) is 7.11 Å². The van der Waals surface area contributed by atoms with E-state index in [2.05, 4.69) is 19.8 Å². The van der Waals surface area contributed by atoms with Crippen molar-refractivity contribution in [2.75, 3.05) is 50.2 Å². The lowest BCUT2D eigenvalue weighted by Crippen LogP contribution is -2.47. The first-order chi connectivity index (χ1) is 12.1. The van der Waals surface area contributed by atoms with Crippen LogP contribution in [0.3, 0.4) is 0 Å². The highest BCUT2D eigenvalue weighted by Gasteiger charge is 2.20. The van der Waals surface area contributed by atoms with Crippen LogP contribution in [0.15, 0.2) is 24.3 Å². The Bertz CT molecular complexity index is 733. The van der Waals surface area contributed by atoms with Crippen molar-refractivity contribution in [3.8, 4) is 5.75 Å². The lowest BCUT2D eigenvalue weighted by Gasteiger charge is -2.37. The van der Waals surface area contributed by atoms with Crippen molar-refractivity contribution in [3.05, 3.63) is 41.6 Å². The number of ether oxygens (including phenoxy) is 2. The van der Waals surface area contributed by atoms with Crippen molar-refractivity contribution in [1.29, 1.82) is 0 Å². The van der Waals surface area contributed by atoms with Crippen LogP contribution in [-0.2, 0) is 11.3 Å². The molecule has 1 aliphatic heterocycles. The molecule has 2 heterocycles. The molecule has 0 atom stereocenters. The first-order valence-corrected chi connectivity index (χ1v) is 8.27. The smallest absolute Gasteiger partial charge is 0.167 e. The summed E-state index contributed by atoms with van der Waals surface area (Å²) in [7, 11) is 3.11. The number of aryl methyl sites for hydroxylation is 1. The fourth-order valence-electron chi connectivity index (χ4n) is 3.01. The number of anilines is 2. The van der Waals surface area contributed by atoms with Crippen LogP contribution in [0.5, 0.6) is 5.75 Å². The number of methoxy groups -OCH3 is 2. The van der Waals surface area contributed by atoms with E-state index in [0.29, 0.717) is 12.4 Å². The predicted molar refractivity (Wildman–Crippen MR) is 94.9 cm³/mol. The standard InChI is InChI=1S/C18H23FN4O2/c1-13-10-18(21-17(20-13)12-24-2)23-8-6-22(7-9-23)14-4-5-16(25-3)15(19)11-14/h4-5,10-11H,6-9,12H2,1-3H3. The number of aromatic nitrogens is 2. The SMILES string of the molecule is COCc1nc(C)cc(N2CCN(c3ccc(OC)c(F)c3)CC2)n1. The maximum absolute atomic E-state index is 13.9. The molecule has 0 bridgehead atoms. The zero-order valence-electron chi connectivity index (χ0n) is 14.8. The summed E-state index contributed by atoms with van der Waals surface area (Å²) in [6.45, 7) is 5.59. The number of piperazine rings is 1. The van der Waals surface area contributed by atoms with Gasteiger partial charge in [-0.25, -0.2) is 14.4 Å². The van der Waals surface area contributed by atoms with E-state index < -0.39 is 0 Å². The van der Waals surface area contributed by atoms with Gasteiger partial charge in [0.2, 0.25) is 0 Å². The van der Waals surface area contributed by atoms with E-state index >= 15 is 0 Å². The van der Waals surface area contributed by atoms with Gasteiger partial charge in [0, 0.05) is 56.8 Å². The molecular formula is C18H23FN4O2. The number of nitrogens with zero attached hydrogens (tertiary/aromatic N) is 4. The van der Waals surface area contributed by atoms with Crippen LogP contribution in [0.25, 0.3) is 0 Å². The maximum atomic E-state index is 13.9. The Balaban J connectivity index is 1.68. The third kappa shape index (κ3) is 3.99. The van der Waals surface area contributed by atoms with E-state index in [1.807, 2.05) is 19.1 Å². The Morgan fingerprint density at radius 3 is 2.40 bits per heavy atom. The van der Waals surface area contributed by atoms with E-state index in [9.17, 15) is 4.39 Å². The van der Waals surface area contributed by atoms with E-state index in [1.54, 1.807) is 13.2 Å². The summed E-state index contributed by atoms with van der Waals surface area (Å²) >= 11 is 0. The van der Waals surface area contributed by atoms with Crippen molar-refractivity contribution < 1.29 is 13.9 Å². The second kappa shape index (κ2) is 7.65. The monoisotopic (exact) mass is 346 g/mol. The van der Waals surface area contributed by atoms with Gasteiger partial charge in [-0.1, -0.05) is 0 Å². The number of halogens is 1. The molecule has 0 saturated carbocycles. The fourth-order valence-corrected chi connectivity index (χ4v) is 3.01. The summed E-state index contributed by atoms with van der Waals surface area (Å²) in [4.78, 5) is 13.4. The molecule has 0 spiro atoms. The highest BCUT2D eigenvalue weighted by Crippen LogP contribution is 2.25. The molecule has 1 aliphatic rings. The lowest BCUT2D eigenvalue weighted by atomic mass is 10.2. The number of hydrogen-bond acceptors (Lipinski definition) is 6. The van der Waals surface area contributed by atoms with Crippen molar-refractivity contribution >= 4 is 11.5 Å². The molecule has 7 heteroatoms. The summed E-state index contributed by atoms with van der Waals surface area (Å²) in [5, 5.41) is 0. The molecule has 0 amide bonds. The van der Waals surface area contributed by atoms with Crippen LogP contribution in [0.2, 0.25) is 0 Å². The Morgan fingerprint density at radius 1 is 1.04 bits per heavy atom. The Morgan fingerprint density at radius 2 is 1.76 bits per heavy atom. The van der Waals surface area contributed by atoms with Crippen molar-refractivity contribution in [2.45, 2.75) is 13.5 Å². The van der Waals surface area contributed by atoms with Crippen molar-refractivity contribution in [2.24, 2.45) is 0 Å². The molecule has 0 unspecified atom stereocenters. The normalized spacial score (nSPS) is 14.7. The average molecular weight is 346 g/mol. The summed E-state index contributed by atoms with van der Waals surface area (Å²) in [5.41, 5.74) is 1.80. The third-order valence-corrected chi connectivity index (χ3v) is 4.26. The molecule has 25 heavy (non-hydrogen) atoms. The molecule has 1 saturated heterocycles. The van der Waals surface area contributed by atoms with Crippen LogP contribution in [0.1, 0.15) is 11.5 Å². The van der Waals surface area contributed by atoms with Gasteiger partial charge in [0.15, 0.2) is 17.4 Å². The summed E-state index contributed by atoms with van der Waals surface area (Å²) in [6, 6.07) is 7.08. The molecule has 2 aromatic rings. The largest absolute Gasteiger partial charge is 0.494 e. The van der Waals surface area contributed by atoms with E-state index in [-0.39, 0.29) is 11.6 Å². The lowest BCUT2D eigenvalue weighted by molar-refractivity contribution is 0.177. The molecule has 134 valence electrons. The Kier molecular flexibility index (Phi) is 5.33. The van der Waals surface area contributed by atoms with Gasteiger partial charge in [0.25, 0.3) is 0 Å². The first kappa shape index (κ1) is 17.4. The van der Waals surface area contributed by atoms with Crippen LogP contribution in [0.4, 0.5) is 15.9 Å². The van der Waals surface area contributed by atoms with Crippen molar-refractivity contribution in [1.82, 2.24) is 9.97 Å². The van der Waals surface area contributed by atoms with Gasteiger partial charge < -0.3 is 19.3 Å². The second-order valence-corrected chi connectivity index (χ2v) is 6.01. The zero-order chi connectivity index (χ0) is 17.8. The number of hydrogen-bond donors (Lipinski definition) is 0. The van der Waals surface area contributed by atoms with Crippen LogP contribution < -0.4 is 14.5 Å². The molecule has 6 nitrogen and oxygen atoms in total. The molecular weight excluding hydrogens is 323 g/mol. The summed E-state index contributed by atoms with van der Waals surface area (Å²) in [6.07, 6.45) is 0. The molecule has 1 aromatic carbocycles. The van der Waals surface area contributed by atoms with Gasteiger partial charge in [-0.3, -0.25) is 0 Å². The summed E-state index contributed by atoms with van der Waals surface area (Å²) in [5.74, 6) is 1.54. The molecule has 0 N–H and O–H groups in total. The molecule has 3 rings (SSSR count). The van der Waals surface area contributed by atoms with Crippen LogP contribution >= 0.6 is 0 Å². The van der Waals surface area contributed by atoms with Gasteiger partial charge in [-0.05, 0) is 19.1 Å². The zero-order valence-corrected chi connectivity index (χ0v) is 14.8. The Labute approximate surface area is 147 Å². The van der Waals surface area contributed by atoms with Gasteiger partial charge in [-0.2, -0.15) is 0 Å². The van der Waals surface area contributed by atoms with Crippen LogP contribution in [0, 0.1) is 12.7 Å². The molecule has 1 fully saturated rings. The highest BCUT2D eigenvalue weighted by molar-refractivity contribution is 5.52. The predicted octanol–water partition coefficient (Wildman–Crippen LogP) is 2.41. The highest BCUT2D eigenvalue weighted by atomic mass is 19.1. The minimum Gasteiger partial charge on any atom is -0.494 e. The number of benzene rings is 1. The Hall–Kier alpha value is -2.41. The second-order valence-electron chi connectivity index (χ2n) is 6.01. The van der Waals surface area contributed by atoms with E-state index in [4.69, 9.17) is 9.47 Å². The van der Waals surface area contributed by atoms with Gasteiger partial charge in [0.1, 0.15) is 12.4 Å². The molecule has 0 aliphatic carbocycles. The number of rotatable bonds is 5. The van der Waals surface area contributed by atoms with Gasteiger partial charge >= 0.3 is 0 Å². The van der Waals surface area contributed by atoms with Crippen LogP contribution in [-0.4, -0.2) is 50.4 Å². The topological polar surface area (TPSA) is 50.7 Å². The molecule has 0 radical (unpaired) electrons. The summed E-state index contributed by atoms with van der Waals surface area (Å²) < 4.78 is 24.0. The minimum absolute atomic E-state index is 0.268. The minimum atomic E-state index is -0.335. The van der Waals surface area contributed by atoms with E-state index in [0.717, 1.165) is 43.4 Å². The quantitative estimate of drug-likeness (QED) is 0.829. The van der Waals surface area contributed by atoms with E-state index in [1.165, 1.54) is 13.2 Å². The average Bonchev–Trinajstić information content (AvgIpc) is 2.61. The van der Waals surface area contributed by atoms with Gasteiger partial charge in [-0.15, -0.1) is 0 Å².